The molecule has 0 spiro atoms. The van der Waals surface area contributed by atoms with Gasteiger partial charge in [-0.2, -0.15) is 0 Å². The molecule has 0 bridgehead atoms. The number of aldehydes is 1. The number of hydrogen-bond acceptors (Lipinski definition) is 5. The van der Waals surface area contributed by atoms with Gasteiger partial charge in [-0.1, -0.05) is 30.3 Å². The van der Waals surface area contributed by atoms with Crippen molar-refractivity contribution in [2.75, 3.05) is 6.54 Å². The van der Waals surface area contributed by atoms with E-state index in [1.807, 2.05) is 30.3 Å². The summed E-state index contributed by atoms with van der Waals surface area (Å²) in [6.45, 7) is 0.154. The number of halogens is 1. The van der Waals surface area contributed by atoms with Crippen molar-refractivity contribution in [1.29, 1.82) is 0 Å². The number of aliphatic hydroxyl groups excluding tert-OH is 2. The van der Waals surface area contributed by atoms with Crippen LogP contribution in [0.2, 0.25) is 0 Å². The Labute approximate surface area is 150 Å². The van der Waals surface area contributed by atoms with Crippen LogP contribution in [0.5, 0.6) is 0 Å². The van der Waals surface area contributed by atoms with Crippen LogP contribution in [-0.2, 0) is 11.3 Å². The van der Waals surface area contributed by atoms with E-state index in [9.17, 15) is 24.2 Å². The molecule has 2 atom stereocenters. The minimum Gasteiger partial charge on any atom is -0.445 e. The van der Waals surface area contributed by atoms with Gasteiger partial charge in [-0.3, -0.25) is 4.79 Å². The largest absolute Gasteiger partial charge is 0.445 e. The monoisotopic (exact) mass is 361 g/mol. The van der Waals surface area contributed by atoms with Crippen LogP contribution in [0.4, 0.5) is 9.18 Å². The van der Waals surface area contributed by atoms with Crippen LogP contribution >= 0.6 is 0 Å². The molecule has 0 aliphatic heterocycles. The van der Waals surface area contributed by atoms with Gasteiger partial charge in [0, 0.05) is 12.1 Å². The van der Waals surface area contributed by atoms with E-state index in [1.54, 1.807) is 0 Å². The van der Waals surface area contributed by atoms with E-state index < -0.39 is 24.1 Å². The normalized spacial score (nSPS) is 12.9. The van der Waals surface area contributed by atoms with Crippen LogP contribution in [0, 0.1) is 5.82 Å². The molecule has 2 rings (SSSR count). The molecule has 6 nitrogen and oxygen atoms in total. The number of benzene rings is 2. The lowest BCUT2D eigenvalue weighted by atomic mass is 9.97. The summed E-state index contributed by atoms with van der Waals surface area (Å²) < 4.78 is 18.3. The molecular formula is C19H20FNO5. The molecule has 0 radical (unpaired) electrons. The lowest BCUT2D eigenvalue weighted by Gasteiger charge is -2.19. The Hall–Kier alpha value is -2.77. The smallest absolute Gasteiger partial charge is 0.407 e. The van der Waals surface area contributed by atoms with E-state index >= 15 is 0 Å². The van der Waals surface area contributed by atoms with Crippen molar-refractivity contribution in [2.45, 2.75) is 25.2 Å². The fourth-order valence-corrected chi connectivity index (χ4v) is 2.37. The van der Waals surface area contributed by atoms with Gasteiger partial charge in [0.05, 0.1) is 6.10 Å². The van der Waals surface area contributed by atoms with Gasteiger partial charge < -0.3 is 20.3 Å². The van der Waals surface area contributed by atoms with Gasteiger partial charge in [0.2, 0.25) is 0 Å². The molecular weight excluding hydrogens is 341 g/mol. The maximum Gasteiger partial charge on any atom is 0.407 e. The summed E-state index contributed by atoms with van der Waals surface area (Å²) in [5, 5.41) is 22.6. The number of carbonyl (C=O) groups excluding carboxylic acids is 2. The molecule has 7 heteroatoms. The molecule has 0 saturated heterocycles. The quantitative estimate of drug-likeness (QED) is 0.627. The number of carbonyl (C=O) groups is 2. The predicted molar refractivity (Wildman–Crippen MR) is 92.0 cm³/mol. The van der Waals surface area contributed by atoms with Gasteiger partial charge >= 0.3 is 6.09 Å². The number of amides is 1. The van der Waals surface area contributed by atoms with Crippen molar-refractivity contribution < 1.29 is 28.9 Å². The Balaban J connectivity index is 1.79. The van der Waals surface area contributed by atoms with Crippen LogP contribution in [0.3, 0.4) is 0 Å². The third kappa shape index (κ3) is 5.65. The SMILES string of the molecule is O=Cc1ccc(F)cc1C(O)C(O)CCNC(=O)OCc1ccccc1. The van der Waals surface area contributed by atoms with Crippen molar-refractivity contribution in [3.63, 3.8) is 0 Å². The highest BCUT2D eigenvalue weighted by atomic mass is 19.1. The Morgan fingerprint density at radius 1 is 1.19 bits per heavy atom. The zero-order valence-corrected chi connectivity index (χ0v) is 14.0. The first-order chi connectivity index (χ1) is 12.5. The summed E-state index contributed by atoms with van der Waals surface area (Å²) in [7, 11) is 0. The topological polar surface area (TPSA) is 95.9 Å². The molecule has 0 saturated carbocycles. The van der Waals surface area contributed by atoms with Gasteiger partial charge in [0.1, 0.15) is 24.8 Å². The number of aliphatic hydroxyl groups is 2. The maximum atomic E-state index is 13.3. The van der Waals surface area contributed by atoms with Crippen LogP contribution in [0.15, 0.2) is 48.5 Å². The summed E-state index contributed by atoms with van der Waals surface area (Å²) in [6.07, 6.45) is -2.92. The minimum atomic E-state index is -1.45. The zero-order valence-electron chi connectivity index (χ0n) is 14.0. The second-order valence-corrected chi connectivity index (χ2v) is 5.68. The minimum absolute atomic E-state index is 0.000783. The molecule has 2 unspecified atom stereocenters. The van der Waals surface area contributed by atoms with Crippen molar-refractivity contribution >= 4 is 12.4 Å². The van der Waals surface area contributed by atoms with Gasteiger partial charge in [0.15, 0.2) is 0 Å². The van der Waals surface area contributed by atoms with Crippen LogP contribution in [-0.4, -0.2) is 35.2 Å². The molecule has 0 aliphatic rings. The Morgan fingerprint density at radius 3 is 2.62 bits per heavy atom. The van der Waals surface area contributed by atoms with Gasteiger partial charge in [-0.05, 0) is 35.7 Å². The van der Waals surface area contributed by atoms with Crippen LogP contribution in [0.1, 0.15) is 34.0 Å². The molecule has 138 valence electrons. The van der Waals surface area contributed by atoms with E-state index in [4.69, 9.17) is 4.74 Å². The molecule has 0 heterocycles. The number of nitrogens with one attached hydrogen (secondary N) is 1. The summed E-state index contributed by atoms with van der Waals surface area (Å²) >= 11 is 0. The van der Waals surface area contributed by atoms with Gasteiger partial charge in [0.25, 0.3) is 0 Å². The van der Waals surface area contributed by atoms with Crippen LogP contribution < -0.4 is 5.32 Å². The molecule has 1 amide bonds. The van der Waals surface area contributed by atoms with E-state index in [0.717, 1.165) is 17.7 Å². The van der Waals surface area contributed by atoms with Crippen molar-refractivity contribution in [2.24, 2.45) is 0 Å². The number of ether oxygens (including phenoxy) is 1. The Bertz CT molecular complexity index is 738. The zero-order chi connectivity index (χ0) is 18.9. The Kier molecular flexibility index (Phi) is 7.25. The molecule has 0 fully saturated rings. The summed E-state index contributed by atoms with van der Waals surface area (Å²) in [5.41, 5.74) is 0.929. The fourth-order valence-electron chi connectivity index (χ4n) is 2.37. The number of alkyl carbamates (subject to hydrolysis) is 1. The van der Waals surface area contributed by atoms with E-state index in [0.29, 0.717) is 6.29 Å². The van der Waals surface area contributed by atoms with E-state index in [1.165, 1.54) is 6.07 Å². The molecule has 26 heavy (non-hydrogen) atoms. The predicted octanol–water partition coefficient (Wildman–Crippen LogP) is 2.35. The van der Waals surface area contributed by atoms with E-state index in [-0.39, 0.29) is 30.7 Å². The summed E-state index contributed by atoms with van der Waals surface area (Å²) in [4.78, 5) is 22.6. The second-order valence-electron chi connectivity index (χ2n) is 5.68. The average molecular weight is 361 g/mol. The van der Waals surface area contributed by atoms with Gasteiger partial charge in [-0.25, -0.2) is 9.18 Å². The standard InChI is InChI=1S/C19H20FNO5/c20-15-7-6-14(11-22)16(10-15)18(24)17(23)8-9-21-19(25)26-12-13-4-2-1-3-5-13/h1-7,10-11,17-18,23-24H,8-9,12H2,(H,21,25). The first-order valence-corrected chi connectivity index (χ1v) is 8.06. The van der Waals surface area contributed by atoms with Crippen LogP contribution in [0.25, 0.3) is 0 Å². The van der Waals surface area contributed by atoms with Gasteiger partial charge in [-0.15, -0.1) is 0 Å². The first-order valence-electron chi connectivity index (χ1n) is 8.06. The van der Waals surface area contributed by atoms with Crippen molar-refractivity contribution in [3.8, 4) is 0 Å². The average Bonchev–Trinajstić information content (AvgIpc) is 2.66. The highest BCUT2D eigenvalue weighted by molar-refractivity contribution is 5.77. The van der Waals surface area contributed by atoms with E-state index in [2.05, 4.69) is 5.32 Å². The summed E-state index contributed by atoms with van der Waals surface area (Å²) in [5.74, 6) is -0.625. The maximum absolute atomic E-state index is 13.3. The lowest BCUT2D eigenvalue weighted by Crippen LogP contribution is -2.30. The fraction of sp³-hybridized carbons (Fsp3) is 0.263. The Morgan fingerprint density at radius 2 is 1.92 bits per heavy atom. The van der Waals surface area contributed by atoms with Crippen molar-refractivity contribution in [1.82, 2.24) is 5.32 Å². The highest BCUT2D eigenvalue weighted by Gasteiger charge is 2.21. The molecule has 0 aliphatic carbocycles. The number of rotatable bonds is 8. The molecule has 2 aromatic carbocycles. The molecule has 3 N–H and O–H groups in total. The highest BCUT2D eigenvalue weighted by Crippen LogP contribution is 2.22. The summed E-state index contributed by atoms with van der Waals surface area (Å²) in [6, 6.07) is 12.5. The molecule has 0 aromatic heterocycles. The lowest BCUT2D eigenvalue weighted by molar-refractivity contribution is 0.0132. The molecule has 2 aromatic rings. The first kappa shape index (κ1) is 19.6. The number of hydrogen-bond donors (Lipinski definition) is 3. The van der Waals surface area contributed by atoms with Crippen molar-refractivity contribution in [3.05, 3.63) is 71.0 Å². The third-order valence-electron chi connectivity index (χ3n) is 3.78. The third-order valence-corrected chi connectivity index (χ3v) is 3.78. The second kappa shape index (κ2) is 9.65.